The number of nitrogens with one attached hydrogen (secondary N) is 1. The van der Waals surface area contributed by atoms with Crippen LogP contribution in [-0.4, -0.2) is 42.4 Å². The van der Waals surface area contributed by atoms with E-state index in [1.54, 1.807) is 53.4 Å². The SMILES string of the molecule is COc1ccccc1NC(=O)[C@@H](C)OC(=O)c1ccc(CN2CCCC2=O)cc1. The van der Waals surface area contributed by atoms with Gasteiger partial charge in [0.25, 0.3) is 5.91 Å². The number of ether oxygens (including phenoxy) is 2. The molecule has 29 heavy (non-hydrogen) atoms. The smallest absolute Gasteiger partial charge is 0.338 e. The lowest BCUT2D eigenvalue weighted by atomic mass is 10.1. The monoisotopic (exact) mass is 396 g/mol. The molecule has 2 amide bonds. The van der Waals surface area contributed by atoms with E-state index in [2.05, 4.69) is 5.32 Å². The lowest BCUT2D eigenvalue weighted by Crippen LogP contribution is -2.30. The highest BCUT2D eigenvalue weighted by Gasteiger charge is 2.22. The van der Waals surface area contributed by atoms with E-state index in [0.29, 0.717) is 30.0 Å². The van der Waals surface area contributed by atoms with E-state index in [0.717, 1.165) is 18.5 Å². The van der Waals surface area contributed by atoms with Gasteiger partial charge in [-0.2, -0.15) is 0 Å². The maximum atomic E-state index is 12.4. The first-order valence-electron chi connectivity index (χ1n) is 9.49. The summed E-state index contributed by atoms with van der Waals surface area (Å²) in [5, 5.41) is 2.69. The van der Waals surface area contributed by atoms with Crippen molar-refractivity contribution in [2.75, 3.05) is 19.0 Å². The van der Waals surface area contributed by atoms with Gasteiger partial charge in [-0.3, -0.25) is 9.59 Å². The number of amides is 2. The Morgan fingerprint density at radius 3 is 2.52 bits per heavy atom. The van der Waals surface area contributed by atoms with Crippen LogP contribution in [0.1, 0.15) is 35.7 Å². The van der Waals surface area contributed by atoms with Gasteiger partial charge in [0.05, 0.1) is 18.4 Å². The van der Waals surface area contributed by atoms with E-state index in [4.69, 9.17) is 9.47 Å². The Balaban J connectivity index is 1.56. The molecule has 1 heterocycles. The molecule has 2 aromatic carbocycles. The van der Waals surface area contributed by atoms with E-state index in [1.807, 2.05) is 0 Å². The van der Waals surface area contributed by atoms with Crippen molar-refractivity contribution in [3.8, 4) is 5.75 Å². The van der Waals surface area contributed by atoms with E-state index in [9.17, 15) is 14.4 Å². The third-order valence-electron chi connectivity index (χ3n) is 4.75. The standard InChI is InChI=1S/C22H24N2O5/c1-15(21(26)23-18-6-3-4-7-19(18)28-2)29-22(27)17-11-9-16(10-12-17)14-24-13-5-8-20(24)25/h3-4,6-7,9-12,15H,5,8,13-14H2,1-2H3,(H,23,26)/t15-/m1/s1. The molecule has 1 fully saturated rings. The van der Waals surface area contributed by atoms with Crippen LogP contribution >= 0.6 is 0 Å². The van der Waals surface area contributed by atoms with Crippen molar-refractivity contribution in [1.82, 2.24) is 4.90 Å². The van der Waals surface area contributed by atoms with Gasteiger partial charge >= 0.3 is 5.97 Å². The molecular weight excluding hydrogens is 372 g/mol. The Kier molecular flexibility index (Phi) is 6.49. The predicted molar refractivity (Wildman–Crippen MR) is 108 cm³/mol. The van der Waals surface area contributed by atoms with Gasteiger partial charge in [0.15, 0.2) is 6.10 Å². The van der Waals surface area contributed by atoms with E-state index < -0.39 is 18.0 Å². The second-order valence-electron chi connectivity index (χ2n) is 6.85. The average Bonchev–Trinajstić information content (AvgIpc) is 3.13. The summed E-state index contributed by atoms with van der Waals surface area (Å²) in [5.74, 6) is -0.363. The number of rotatable bonds is 7. The molecule has 1 aliphatic rings. The largest absolute Gasteiger partial charge is 0.495 e. The summed E-state index contributed by atoms with van der Waals surface area (Å²) in [7, 11) is 1.51. The number of carbonyl (C=O) groups excluding carboxylic acids is 3. The Labute approximate surface area is 169 Å². The highest BCUT2D eigenvalue weighted by molar-refractivity contribution is 5.98. The van der Waals surface area contributed by atoms with Crippen LogP contribution in [0.5, 0.6) is 5.75 Å². The Morgan fingerprint density at radius 1 is 1.14 bits per heavy atom. The first-order chi connectivity index (χ1) is 14.0. The number of esters is 1. The molecule has 0 bridgehead atoms. The molecule has 1 atom stereocenters. The first-order valence-corrected chi connectivity index (χ1v) is 9.49. The Bertz CT molecular complexity index is 894. The summed E-state index contributed by atoms with van der Waals surface area (Å²) in [6, 6.07) is 13.9. The second-order valence-corrected chi connectivity index (χ2v) is 6.85. The van der Waals surface area contributed by atoms with Gasteiger partial charge in [0.2, 0.25) is 5.91 Å². The van der Waals surface area contributed by atoms with Gasteiger partial charge in [0, 0.05) is 19.5 Å². The van der Waals surface area contributed by atoms with Crippen molar-refractivity contribution in [2.24, 2.45) is 0 Å². The van der Waals surface area contributed by atoms with Crippen molar-refractivity contribution < 1.29 is 23.9 Å². The molecular formula is C22H24N2O5. The van der Waals surface area contributed by atoms with Crippen molar-refractivity contribution in [3.63, 3.8) is 0 Å². The fraction of sp³-hybridized carbons (Fsp3) is 0.318. The molecule has 0 aromatic heterocycles. The van der Waals surface area contributed by atoms with Gasteiger partial charge in [-0.05, 0) is 43.2 Å². The molecule has 0 spiro atoms. The Hall–Kier alpha value is -3.35. The fourth-order valence-corrected chi connectivity index (χ4v) is 3.10. The minimum atomic E-state index is -0.977. The topological polar surface area (TPSA) is 84.9 Å². The van der Waals surface area contributed by atoms with Crippen LogP contribution in [0.4, 0.5) is 5.69 Å². The van der Waals surface area contributed by atoms with Crippen molar-refractivity contribution >= 4 is 23.5 Å². The highest BCUT2D eigenvalue weighted by atomic mass is 16.5. The summed E-state index contributed by atoms with van der Waals surface area (Å²) in [4.78, 5) is 38.2. The summed E-state index contributed by atoms with van der Waals surface area (Å²) >= 11 is 0. The average molecular weight is 396 g/mol. The minimum absolute atomic E-state index is 0.156. The van der Waals surface area contributed by atoms with Crippen LogP contribution in [0.3, 0.4) is 0 Å². The molecule has 0 radical (unpaired) electrons. The summed E-state index contributed by atoms with van der Waals surface area (Å²) in [6.07, 6.45) is 0.506. The molecule has 7 nitrogen and oxygen atoms in total. The number of benzene rings is 2. The maximum Gasteiger partial charge on any atom is 0.338 e. The zero-order valence-electron chi connectivity index (χ0n) is 16.5. The van der Waals surface area contributed by atoms with Crippen LogP contribution < -0.4 is 10.1 Å². The van der Waals surface area contributed by atoms with Gasteiger partial charge in [-0.25, -0.2) is 4.79 Å². The number of nitrogens with zero attached hydrogens (tertiary/aromatic N) is 1. The van der Waals surface area contributed by atoms with Gasteiger partial charge in [-0.1, -0.05) is 24.3 Å². The Morgan fingerprint density at radius 2 is 1.86 bits per heavy atom. The van der Waals surface area contributed by atoms with Crippen molar-refractivity contribution in [1.29, 1.82) is 0 Å². The molecule has 1 aliphatic heterocycles. The molecule has 0 saturated carbocycles. The van der Waals surface area contributed by atoms with Crippen LogP contribution in [0, 0.1) is 0 Å². The predicted octanol–water partition coefficient (Wildman–Crippen LogP) is 3.00. The molecule has 3 rings (SSSR count). The van der Waals surface area contributed by atoms with E-state index >= 15 is 0 Å². The molecule has 0 unspecified atom stereocenters. The molecule has 7 heteroatoms. The zero-order valence-corrected chi connectivity index (χ0v) is 16.5. The van der Waals surface area contributed by atoms with E-state index in [1.165, 1.54) is 14.0 Å². The minimum Gasteiger partial charge on any atom is -0.495 e. The number of methoxy groups -OCH3 is 1. The summed E-state index contributed by atoms with van der Waals surface area (Å²) < 4.78 is 10.5. The number of hydrogen-bond donors (Lipinski definition) is 1. The van der Waals surface area contributed by atoms with Crippen molar-refractivity contribution in [3.05, 3.63) is 59.7 Å². The molecule has 0 aliphatic carbocycles. The number of likely N-dealkylation sites (tertiary alicyclic amines) is 1. The zero-order chi connectivity index (χ0) is 20.8. The van der Waals surface area contributed by atoms with Crippen LogP contribution in [0.15, 0.2) is 48.5 Å². The number of para-hydroxylation sites is 2. The third kappa shape index (κ3) is 5.13. The highest BCUT2D eigenvalue weighted by Crippen LogP contribution is 2.23. The maximum absolute atomic E-state index is 12.4. The van der Waals surface area contributed by atoms with Crippen LogP contribution in [-0.2, 0) is 20.9 Å². The van der Waals surface area contributed by atoms with Gasteiger partial charge < -0.3 is 19.7 Å². The number of carbonyl (C=O) groups is 3. The lowest BCUT2D eigenvalue weighted by Gasteiger charge is -2.16. The lowest BCUT2D eigenvalue weighted by molar-refractivity contribution is -0.128. The first kappa shape index (κ1) is 20.4. The molecule has 2 aromatic rings. The quantitative estimate of drug-likeness (QED) is 0.728. The third-order valence-corrected chi connectivity index (χ3v) is 4.75. The van der Waals surface area contributed by atoms with Crippen LogP contribution in [0.25, 0.3) is 0 Å². The summed E-state index contributed by atoms with van der Waals surface area (Å²) in [5.41, 5.74) is 1.79. The number of hydrogen-bond acceptors (Lipinski definition) is 5. The normalized spacial score (nSPS) is 14.4. The molecule has 1 N–H and O–H groups in total. The van der Waals surface area contributed by atoms with Gasteiger partial charge in [0.1, 0.15) is 5.75 Å². The fourth-order valence-electron chi connectivity index (χ4n) is 3.10. The second kappa shape index (κ2) is 9.23. The number of anilines is 1. The van der Waals surface area contributed by atoms with Gasteiger partial charge in [-0.15, -0.1) is 0 Å². The van der Waals surface area contributed by atoms with Crippen molar-refractivity contribution in [2.45, 2.75) is 32.4 Å². The molecule has 152 valence electrons. The summed E-state index contributed by atoms with van der Waals surface area (Å²) in [6.45, 7) is 2.81. The molecule has 1 saturated heterocycles. The van der Waals surface area contributed by atoms with E-state index in [-0.39, 0.29) is 5.91 Å². The van der Waals surface area contributed by atoms with Crippen LogP contribution in [0.2, 0.25) is 0 Å².